The molecule has 0 aromatic heterocycles. The van der Waals surface area contributed by atoms with Crippen LogP contribution in [0.3, 0.4) is 0 Å². The van der Waals surface area contributed by atoms with Crippen molar-refractivity contribution in [2.24, 2.45) is 11.7 Å². The van der Waals surface area contributed by atoms with Gasteiger partial charge in [-0.3, -0.25) is 4.90 Å². The minimum absolute atomic E-state index is 0.0540. The molecule has 0 saturated carbocycles. The van der Waals surface area contributed by atoms with Crippen LogP contribution in [0.25, 0.3) is 0 Å². The average Bonchev–Trinajstić information content (AvgIpc) is 2.65. The Balaban J connectivity index is 1.63. The summed E-state index contributed by atoms with van der Waals surface area (Å²) in [6.07, 6.45) is 4.00. The van der Waals surface area contributed by atoms with E-state index in [1.165, 1.54) is 11.1 Å². The zero-order valence-electron chi connectivity index (χ0n) is 15.4. The van der Waals surface area contributed by atoms with Crippen LogP contribution >= 0.6 is 0 Å². The lowest BCUT2D eigenvalue weighted by Crippen LogP contribution is -2.58. The zero-order chi connectivity index (χ0) is 18.3. The topological polar surface area (TPSA) is 75.9 Å². The molecule has 0 aliphatic carbocycles. The lowest BCUT2D eigenvalue weighted by molar-refractivity contribution is 0.0220. The van der Waals surface area contributed by atoms with Gasteiger partial charge < -0.3 is 10.5 Å². The SMILES string of the molecule is COc1ccc2c(c1)CCN1C[C@H]3CCCN(S(=O)(=O)CCN)[C@H]3C[C@@H]21. The van der Waals surface area contributed by atoms with E-state index >= 15 is 0 Å². The first-order chi connectivity index (χ1) is 12.5. The Morgan fingerprint density at radius 2 is 2.15 bits per heavy atom. The molecule has 0 bridgehead atoms. The molecule has 0 amide bonds. The second-order valence-corrected chi connectivity index (χ2v) is 9.79. The zero-order valence-corrected chi connectivity index (χ0v) is 16.2. The number of nitrogens with two attached hydrogens (primary N) is 1. The second-order valence-electron chi connectivity index (χ2n) is 7.75. The second kappa shape index (κ2) is 7.11. The Kier molecular flexibility index (Phi) is 4.98. The summed E-state index contributed by atoms with van der Waals surface area (Å²) in [4.78, 5) is 2.56. The fraction of sp³-hybridized carbons (Fsp3) is 0.684. The van der Waals surface area contributed by atoms with Crippen molar-refractivity contribution in [1.82, 2.24) is 9.21 Å². The number of nitrogens with zero attached hydrogens (tertiary/aromatic N) is 2. The number of piperidine rings is 2. The van der Waals surface area contributed by atoms with Gasteiger partial charge in [0.2, 0.25) is 10.0 Å². The molecule has 0 spiro atoms. The minimum Gasteiger partial charge on any atom is -0.497 e. The molecule has 2 saturated heterocycles. The molecule has 144 valence electrons. The van der Waals surface area contributed by atoms with Crippen LogP contribution < -0.4 is 10.5 Å². The van der Waals surface area contributed by atoms with Crippen LogP contribution in [0, 0.1) is 5.92 Å². The van der Waals surface area contributed by atoms with Gasteiger partial charge in [0.15, 0.2) is 0 Å². The van der Waals surface area contributed by atoms with Gasteiger partial charge in [-0.2, -0.15) is 4.31 Å². The number of sulfonamides is 1. The normalized spacial score (nSPS) is 29.5. The third-order valence-electron chi connectivity index (χ3n) is 6.35. The fourth-order valence-electron chi connectivity index (χ4n) is 5.13. The molecular weight excluding hydrogens is 350 g/mol. The quantitative estimate of drug-likeness (QED) is 0.855. The highest BCUT2D eigenvalue weighted by Crippen LogP contribution is 2.44. The summed E-state index contributed by atoms with van der Waals surface area (Å²) in [6, 6.07) is 6.75. The standard InChI is InChI=1S/C19H29N3O3S/c1-25-16-4-5-17-14(11-16)6-9-21-13-15-3-2-8-22(18(15)12-19(17)21)26(23,24)10-7-20/h4-5,11,15,18-19H,2-3,6-10,12-13,20H2,1H3/t15-,18+,19+/m1/s1. The summed E-state index contributed by atoms with van der Waals surface area (Å²) in [5.41, 5.74) is 8.25. The molecule has 3 aliphatic rings. The van der Waals surface area contributed by atoms with Gasteiger partial charge in [-0.25, -0.2) is 8.42 Å². The fourth-order valence-corrected chi connectivity index (χ4v) is 6.74. The lowest BCUT2D eigenvalue weighted by Gasteiger charge is -2.51. The first kappa shape index (κ1) is 18.2. The average molecular weight is 380 g/mol. The van der Waals surface area contributed by atoms with E-state index in [0.29, 0.717) is 18.5 Å². The van der Waals surface area contributed by atoms with Gasteiger partial charge in [0.25, 0.3) is 0 Å². The van der Waals surface area contributed by atoms with Crippen LogP contribution in [0.15, 0.2) is 18.2 Å². The molecule has 0 radical (unpaired) electrons. The van der Waals surface area contributed by atoms with Crippen LogP contribution in [-0.4, -0.2) is 62.7 Å². The van der Waals surface area contributed by atoms with Gasteiger partial charge in [0, 0.05) is 38.3 Å². The van der Waals surface area contributed by atoms with Gasteiger partial charge in [-0.15, -0.1) is 0 Å². The minimum atomic E-state index is -3.26. The molecule has 3 aliphatic heterocycles. The highest BCUT2D eigenvalue weighted by Gasteiger charge is 2.45. The van der Waals surface area contributed by atoms with E-state index in [4.69, 9.17) is 10.5 Å². The number of ether oxygens (including phenoxy) is 1. The van der Waals surface area contributed by atoms with Crippen molar-refractivity contribution in [3.05, 3.63) is 29.3 Å². The van der Waals surface area contributed by atoms with Gasteiger partial charge in [0.1, 0.15) is 5.75 Å². The molecule has 7 heteroatoms. The molecule has 1 aromatic carbocycles. The third kappa shape index (κ3) is 3.15. The molecule has 0 unspecified atom stereocenters. The Morgan fingerprint density at radius 3 is 2.92 bits per heavy atom. The van der Waals surface area contributed by atoms with E-state index in [0.717, 1.165) is 44.5 Å². The molecule has 26 heavy (non-hydrogen) atoms. The number of hydrogen-bond acceptors (Lipinski definition) is 5. The summed E-state index contributed by atoms with van der Waals surface area (Å²) >= 11 is 0. The number of hydrogen-bond donors (Lipinski definition) is 1. The van der Waals surface area contributed by atoms with Crippen molar-refractivity contribution in [2.45, 2.75) is 37.8 Å². The first-order valence-corrected chi connectivity index (χ1v) is 11.2. The number of methoxy groups -OCH3 is 1. The highest BCUT2D eigenvalue weighted by atomic mass is 32.2. The monoisotopic (exact) mass is 379 g/mol. The highest BCUT2D eigenvalue weighted by molar-refractivity contribution is 7.89. The lowest BCUT2D eigenvalue weighted by atomic mass is 9.77. The van der Waals surface area contributed by atoms with Gasteiger partial charge in [-0.05, 0) is 54.9 Å². The summed E-state index contributed by atoms with van der Waals surface area (Å²) in [7, 11) is -1.56. The molecule has 2 N–H and O–H groups in total. The van der Waals surface area contributed by atoms with Crippen molar-refractivity contribution in [3.63, 3.8) is 0 Å². The van der Waals surface area contributed by atoms with Crippen molar-refractivity contribution < 1.29 is 13.2 Å². The van der Waals surface area contributed by atoms with E-state index in [9.17, 15) is 8.42 Å². The molecule has 6 nitrogen and oxygen atoms in total. The van der Waals surface area contributed by atoms with Crippen LogP contribution in [-0.2, 0) is 16.4 Å². The Morgan fingerprint density at radius 1 is 1.31 bits per heavy atom. The van der Waals surface area contributed by atoms with Gasteiger partial charge in [-0.1, -0.05) is 6.07 Å². The maximum Gasteiger partial charge on any atom is 0.215 e. The Bertz CT molecular complexity index is 767. The van der Waals surface area contributed by atoms with E-state index in [1.54, 1.807) is 11.4 Å². The maximum atomic E-state index is 12.7. The van der Waals surface area contributed by atoms with E-state index in [1.807, 2.05) is 6.07 Å². The molecule has 4 rings (SSSR count). The summed E-state index contributed by atoms with van der Waals surface area (Å²) < 4.78 is 32.6. The first-order valence-electron chi connectivity index (χ1n) is 9.64. The van der Waals surface area contributed by atoms with Crippen molar-refractivity contribution in [1.29, 1.82) is 0 Å². The molecule has 2 fully saturated rings. The summed E-state index contributed by atoms with van der Waals surface area (Å²) in [5, 5.41) is 0. The van der Waals surface area contributed by atoms with Gasteiger partial charge in [0.05, 0.1) is 12.9 Å². The van der Waals surface area contributed by atoms with E-state index in [-0.39, 0.29) is 18.3 Å². The smallest absolute Gasteiger partial charge is 0.215 e. The number of rotatable bonds is 4. The predicted molar refractivity (Wildman–Crippen MR) is 102 cm³/mol. The summed E-state index contributed by atoms with van der Waals surface area (Å²) in [5.74, 6) is 1.39. The Labute approximate surface area is 156 Å². The third-order valence-corrected chi connectivity index (χ3v) is 8.27. The predicted octanol–water partition coefficient (Wildman–Crippen LogP) is 1.37. The van der Waals surface area contributed by atoms with Crippen LogP contribution in [0.4, 0.5) is 0 Å². The maximum absolute atomic E-state index is 12.7. The Hall–Kier alpha value is -1.15. The van der Waals surface area contributed by atoms with Crippen LogP contribution in [0.1, 0.15) is 36.4 Å². The van der Waals surface area contributed by atoms with Crippen molar-refractivity contribution >= 4 is 10.0 Å². The molecule has 3 atom stereocenters. The number of benzene rings is 1. The van der Waals surface area contributed by atoms with Crippen molar-refractivity contribution in [2.75, 3.05) is 39.0 Å². The van der Waals surface area contributed by atoms with Crippen molar-refractivity contribution in [3.8, 4) is 5.75 Å². The van der Waals surface area contributed by atoms with Crippen LogP contribution in [0.5, 0.6) is 5.75 Å². The molecular formula is C19H29N3O3S. The van der Waals surface area contributed by atoms with E-state index < -0.39 is 10.0 Å². The number of fused-ring (bicyclic) bond motifs is 4. The van der Waals surface area contributed by atoms with E-state index in [2.05, 4.69) is 17.0 Å². The van der Waals surface area contributed by atoms with Gasteiger partial charge >= 0.3 is 0 Å². The van der Waals surface area contributed by atoms with Crippen LogP contribution in [0.2, 0.25) is 0 Å². The summed E-state index contributed by atoms with van der Waals surface area (Å²) in [6.45, 7) is 2.87. The largest absolute Gasteiger partial charge is 0.497 e. The molecule has 3 heterocycles. The molecule has 1 aromatic rings.